The second kappa shape index (κ2) is 7.75. The molecule has 0 aromatic heterocycles. The Bertz CT molecular complexity index is 642. The zero-order chi connectivity index (χ0) is 20.1. The fraction of sp³-hybridized carbons (Fsp3) is 0.880. The van der Waals surface area contributed by atoms with Crippen molar-refractivity contribution in [3.63, 3.8) is 0 Å². The van der Waals surface area contributed by atoms with Crippen LogP contribution in [-0.2, 0) is 9.53 Å². The van der Waals surface area contributed by atoms with Crippen LogP contribution in [0.5, 0.6) is 0 Å². The second-order valence-corrected chi connectivity index (χ2v) is 11.7. The zero-order valence-corrected chi connectivity index (χ0v) is 19.9. The summed E-state index contributed by atoms with van der Waals surface area (Å²) in [5.41, 5.74) is 2.51. The molecule has 4 unspecified atom stereocenters. The molecule has 0 saturated heterocycles. The Morgan fingerprint density at radius 2 is 2.00 bits per heavy atom. The van der Waals surface area contributed by atoms with Gasteiger partial charge in [-0.1, -0.05) is 48.4 Å². The van der Waals surface area contributed by atoms with E-state index in [0.29, 0.717) is 10.8 Å². The third kappa shape index (κ3) is 3.32. The van der Waals surface area contributed by atoms with E-state index in [9.17, 15) is 4.79 Å². The Hall–Kier alpha value is -0.310. The Morgan fingerprint density at radius 3 is 2.71 bits per heavy atom. The number of hydrogen-bond donors (Lipinski definition) is 0. The van der Waals surface area contributed by atoms with E-state index in [1.54, 1.807) is 12.5 Å². The highest BCUT2D eigenvalue weighted by molar-refractivity contribution is 9.09. The van der Waals surface area contributed by atoms with Crippen molar-refractivity contribution in [3.05, 3.63) is 11.6 Å². The monoisotopic (exact) mass is 450 g/mol. The van der Waals surface area contributed by atoms with Crippen LogP contribution in [0, 0.1) is 40.4 Å². The summed E-state index contributed by atoms with van der Waals surface area (Å²) in [5, 5.41) is 1.14. The van der Waals surface area contributed by atoms with Gasteiger partial charge in [-0.25, -0.2) is 0 Å². The molecule has 3 saturated carbocycles. The molecular formula is C25H39BrO2. The average molecular weight is 451 g/mol. The highest BCUT2D eigenvalue weighted by Gasteiger charge is 2.59. The maximum Gasteiger partial charge on any atom is 0.302 e. The maximum absolute atomic E-state index is 11.4. The molecule has 3 heteroatoms. The molecule has 0 aliphatic heterocycles. The number of esters is 1. The molecule has 4 aliphatic carbocycles. The van der Waals surface area contributed by atoms with Crippen LogP contribution in [-0.4, -0.2) is 17.4 Å². The van der Waals surface area contributed by atoms with Crippen molar-refractivity contribution in [3.8, 4) is 0 Å². The van der Waals surface area contributed by atoms with Gasteiger partial charge in [0.25, 0.3) is 0 Å². The number of ether oxygens (including phenoxy) is 1. The number of hydrogen-bond acceptors (Lipinski definition) is 2. The van der Waals surface area contributed by atoms with Crippen LogP contribution in [0.3, 0.4) is 0 Å². The van der Waals surface area contributed by atoms with Crippen molar-refractivity contribution >= 4 is 21.9 Å². The van der Waals surface area contributed by atoms with Crippen molar-refractivity contribution in [2.24, 2.45) is 40.4 Å². The molecule has 0 aromatic rings. The number of fused-ring (bicyclic) bond motifs is 5. The third-order valence-electron chi connectivity index (χ3n) is 9.72. The van der Waals surface area contributed by atoms with Crippen molar-refractivity contribution in [2.75, 3.05) is 5.33 Å². The summed E-state index contributed by atoms with van der Waals surface area (Å²) in [6, 6.07) is 0. The molecule has 3 fully saturated rings. The lowest BCUT2D eigenvalue weighted by molar-refractivity contribution is -0.148. The van der Waals surface area contributed by atoms with Crippen molar-refractivity contribution < 1.29 is 9.53 Å². The van der Waals surface area contributed by atoms with Gasteiger partial charge in [-0.2, -0.15) is 0 Å². The van der Waals surface area contributed by atoms with Gasteiger partial charge in [0.15, 0.2) is 0 Å². The summed E-state index contributed by atoms with van der Waals surface area (Å²) < 4.78 is 5.59. The summed E-state index contributed by atoms with van der Waals surface area (Å²) >= 11 is 3.68. The van der Waals surface area contributed by atoms with E-state index in [4.69, 9.17) is 4.74 Å². The highest BCUT2D eigenvalue weighted by atomic mass is 79.9. The maximum atomic E-state index is 11.4. The molecule has 158 valence electrons. The van der Waals surface area contributed by atoms with Crippen molar-refractivity contribution in [1.82, 2.24) is 0 Å². The molecule has 0 N–H and O–H groups in total. The van der Waals surface area contributed by atoms with Crippen LogP contribution in [0.15, 0.2) is 11.6 Å². The normalized spacial score (nSPS) is 46.0. The molecule has 0 bridgehead atoms. The first-order valence-electron chi connectivity index (χ1n) is 11.7. The Labute approximate surface area is 180 Å². The summed E-state index contributed by atoms with van der Waals surface area (Å²) in [4.78, 5) is 11.4. The van der Waals surface area contributed by atoms with E-state index >= 15 is 0 Å². The second-order valence-electron chi connectivity index (χ2n) is 10.9. The summed E-state index contributed by atoms with van der Waals surface area (Å²) in [5.74, 6) is 4.26. The van der Waals surface area contributed by atoms with E-state index < -0.39 is 0 Å². The fourth-order valence-electron chi connectivity index (χ4n) is 8.31. The molecule has 2 nitrogen and oxygen atoms in total. The van der Waals surface area contributed by atoms with Gasteiger partial charge < -0.3 is 4.74 Å². The number of carbonyl (C=O) groups is 1. The molecule has 0 spiro atoms. The van der Waals surface area contributed by atoms with Crippen LogP contribution < -0.4 is 0 Å². The van der Waals surface area contributed by atoms with Crippen LogP contribution >= 0.6 is 15.9 Å². The molecule has 4 rings (SSSR count). The van der Waals surface area contributed by atoms with Gasteiger partial charge in [-0.15, -0.1) is 0 Å². The zero-order valence-electron chi connectivity index (χ0n) is 18.3. The molecule has 0 heterocycles. The minimum absolute atomic E-state index is 0.114. The van der Waals surface area contributed by atoms with Crippen LogP contribution in [0.25, 0.3) is 0 Å². The standard InChI is InChI=1S/C25H39BrO2/c1-16(11-14-26)21-7-8-22-20-6-5-18-15-19(28-17(2)27)9-12-24(18,3)23(20)10-13-25(21,22)4/h5,16,19-23H,6-15H2,1-4H3/t16-,19+,20?,21?,22?,23?,24+,25-/m1/s1. The molecule has 28 heavy (non-hydrogen) atoms. The average Bonchev–Trinajstić information content (AvgIpc) is 2.99. The molecular weight excluding hydrogens is 412 g/mol. The largest absolute Gasteiger partial charge is 0.462 e. The van der Waals surface area contributed by atoms with Gasteiger partial charge in [0, 0.05) is 18.7 Å². The fourth-order valence-corrected chi connectivity index (χ4v) is 9.03. The minimum Gasteiger partial charge on any atom is -0.462 e. The number of allylic oxidation sites excluding steroid dienone is 1. The first-order valence-corrected chi connectivity index (χ1v) is 12.8. The van der Waals surface area contributed by atoms with E-state index in [0.717, 1.165) is 47.8 Å². The van der Waals surface area contributed by atoms with Gasteiger partial charge >= 0.3 is 5.97 Å². The quantitative estimate of drug-likeness (QED) is 0.264. The minimum atomic E-state index is -0.120. The van der Waals surface area contributed by atoms with Crippen LogP contribution in [0.2, 0.25) is 0 Å². The third-order valence-corrected chi connectivity index (χ3v) is 10.2. The topological polar surface area (TPSA) is 26.3 Å². The van der Waals surface area contributed by atoms with Gasteiger partial charge in [0.05, 0.1) is 0 Å². The van der Waals surface area contributed by atoms with E-state index in [-0.39, 0.29) is 12.1 Å². The highest BCUT2D eigenvalue weighted by Crippen LogP contribution is 2.67. The van der Waals surface area contributed by atoms with Gasteiger partial charge in [0.1, 0.15) is 6.10 Å². The first-order chi connectivity index (χ1) is 13.3. The van der Waals surface area contributed by atoms with Gasteiger partial charge in [-0.05, 0) is 91.8 Å². The predicted molar refractivity (Wildman–Crippen MR) is 118 cm³/mol. The lowest BCUT2D eigenvalue weighted by Gasteiger charge is -2.58. The molecule has 8 atom stereocenters. The Morgan fingerprint density at radius 1 is 1.21 bits per heavy atom. The predicted octanol–water partition coefficient (Wildman–Crippen LogP) is 6.92. The van der Waals surface area contributed by atoms with Crippen molar-refractivity contribution in [1.29, 1.82) is 0 Å². The van der Waals surface area contributed by atoms with Gasteiger partial charge in [0.2, 0.25) is 0 Å². The van der Waals surface area contributed by atoms with E-state index in [1.807, 2.05) is 0 Å². The van der Waals surface area contributed by atoms with Gasteiger partial charge in [-0.3, -0.25) is 4.79 Å². The summed E-state index contributed by atoms with van der Waals surface area (Å²) in [6.07, 6.45) is 14.2. The van der Waals surface area contributed by atoms with E-state index in [2.05, 4.69) is 42.8 Å². The summed E-state index contributed by atoms with van der Waals surface area (Å²) in [7, 11) is 0. The smallest absolute Gasteiger partial charge is 0.302 e. The molecule has 0 aromatic carbocycles. The first kappa shape index (κ1) is 20.9. The van der Waals surface area contributed by atoms with E-state index in [1.165, 1.54) is 44.9 Å². The summed E-state index contributed by atoms with van der Waals surface area (Å²) in [6.45, 7) is 9.24. The van der Waals surface area contributed by atoms with Crippen LogP contribution in [0.1, 0.15) is 85.5 Å². The Kier molecular flexibility index (Phi) is 5.79. The van der Waals surface area contributed by atoms with Crippen molar-refractivity contribution in [2.45, 2.75) is 91.6 Å². The lowest BCUT2D eigenvalue weighted by Crippen LogP contribution is -2.51. The molecule has 0 radical (unpaired) electrons. The number of halogens is 1. The number of carbonyl (C=O) groups excluding carboxylic acids is 1. The number of rotatable bonds is 4. The van der Waals surface area contributed by atoms with Crippen LogP contribution in [0.4, 0.5) is 0 Å². The lowest BCUT2D eigenvalue weighted by atomic mass is 9.47. The molecule has 4 aliphatic rings. The SMILES string of the molecule is CC(=O)O[C@H]1CC[C@@]2(C)C(=CCC3C4CCC([C@H](C)CCBr)[C@@]4(C)CCC32)C1. The number of alkyl halides is 1. The Balaban J connectivity index is 1.54. The molecule has 0 amide bonds.